The lowest BCUT2D eigenvalue weighted by Crippen LogP contribution is -2.50. The highest BCUT2D eigenvalue weighted by Gasteiger charge is 2.28. The zero-order chi connectivity index (χ0) is 28.5. The lowest BCUT2D eigenvalue weighted by atomic mass is 10.0. The van der Waals surface area contributed by atoms with E-state index in [0.717, 1.165) is 44.9 Å². The minimum absolute atomic E-state index is 0.301. The van der Waals surface area contributed by atoms with Crippen molar-refractivity contribution in [2.24, 2.45) is 0 Å². The van der Waals surface area contributed by atoms with Crippen molar-refractivity contribution in [3.05, 3.63) is 0 Å². The second-order valence-electron chi connectivity index (χ2n) is 11.2. The maximum Gasteiger partial charge on any atom is 0.266 e. The first-order valence-electron chi connectivity index (χ1n) is 15.8. The Morgan fingerprint density at radius 1 is 0.605 bits per heavy atom. The fraction of sp³-hybridized carbons (Fsp3) is 0.967. The number of aliphatic hydroxyl groups is 2. The van der Waals surface area contributed by atoms with Gasteiger partial charge in [0.25, 0.3) is 10.1 Å². The van der Waals surface area contributed by atoms with Crippen molar-refractivity contribution in [3.8, 4) is 0 Å². The number of carbonyl (C=O) groups is 1. The molecule has 0 saturated heterocycles. The van der Waals surface area contributed by atoms with E-state index in [9.17, 15) is 28.0 Å². The van der Waals surface area contributed by atoms with Gasteiger partial charge in [0.2, 0.25) is 5.91 Å². The second-order valence-corrected chi connectivity index (χ2v) is 12.7. The molecule has 0 rings (SSSR count). The SMILES string of the molecule is CCCCCCCCCCCCCC(O)C(CS(=O)(=O)O)NC(=O)C(O)CCCCCCCCCCCC. The maximum atomic E-state index is 12.4. The van der Waals surface area contributed by atoms with Crippen LogP contribution in [-0.4, -0.2) is 53.1 Å². The number of unbranched alkanes of at least 4 members (excludes halogenated alkanes) is 19. The average Bonchev–Trinajstić information content (AvgIpc) is 2.86. The van der Waals surface area contributed by atoms with Crippen LogP contribution in [0, 0.1) is 0 Å². The molecular weight excluding hydrogens is 502 g/mol. The Kier molecular flexibility index (Phi) is 24.8. The zero-order valence-electron chi connectivity index (χ0n) is 24.7. The van der Waals surface area contributed by atoms with Crippen LogP contribution in [0.2, 0.25) is 0 Å². The maximum absolute atomic E-state index is 12.4. The van der Waals surface area contributed by atoms with Gasteiger partial charge in [-0.25, -0.2) is 0 Å². The molecule has 0 aliphatic rings. The van der Waals surface area contributed by atoms with Gasteiger partial charge in [0.05, 0.1) is 17.9 Å². The smallest absolute Gasteiger partial charge is 0.266 e. The van der Waals surface area contributed by atoms with Crippen molar-refractivity contribution < 1.29 is 28.0 Å². The molecule has 0 aliphatic carbocycles. The van der Waals surface area contributed by atoms with Crippen LogP contribution in [0.25, 0.3) is 0 Å². The molecule has 0 radical (unpaired) electrons. The summed E-state index contributed by atoms with van der Waals surface area (Å²) in [5, 5.41) is 23.3. The lowest BCUT2D eigenvalue weighted by molar-refractivity contribution is -0.131. The minimum Gasteiger partial charge on any atom is -0.391 e. The van der Waals surface area contributed by atoms with Crippen molar-refractivity contribution in [1.82, 2.24) is 5.32 Å². The van der Waals surface area contributed by atoms with Gasteiger partial charge in [-0.3, -0.25) is 9.35 Å². The first-order valence-corrected chi connectivity index (χ1v) is 17.4. The standard InChI is InChI=1S/C30H61NO6S/c1-3-5-7-9-11-13-15-17-18-20-22-24-28(32)27(26-38(35,36)37)31-30(34)29(33)25-23-21-19-16-14-12-10-8-6-4-2/h27-29,32-33H,3-26H2,1-2H3,(H,31,34)(H,35,36,37). The molecule has 0 spiro atoms. The van der Waals surface area contributed by atoms with Crippen LogP contribution in [0.4, 0.5) is 0 Å². The number of aliphatic hydroxyl groups excluding tert-OH is 2. The third-order valence-corrected chi connectivity index (χ3v) is 8.20. The fourth-order valence-electron chi connectivity index (χ4n) is 4.93. The molecule has 3 atom stereocenters. The number of amides is 1. The molecule has 0 saturated carbocycles. The van der Waals surface area contributed by atoms with E-state index in [4.69, 9.17) is 0 Å². The molecule has 7 nitrogen and oxygen atoms in total. The van der Waals surface area contributed by atoms with Crippen LogP contribution < -0.4 is 5.32 Å². The average molecular weight is 564 g/mol. The van der Waals surface area contributed by atoms with E-state index < -0.39 is 40.0 Å². The summed E-state index contributed by atoms with van der Waals surface area (Å²) < 4.78 is 32.2. The Labute approximate surface area is 234 Å². The Hall–Kier alpha value is -0.700. The summed E-state index contributed by atoms with van der Waals surface area (Å²) in [6.45, 7) is 4.44. The summed E-state index contributed by atoms with van der Waals surface area (Å²) in [5.74, 6) is -1.45. The predicted octanol–water partition coefficient (Wildman–Crippen LogP) is 7.09. The van der Waals surface area contributed by atoms with Gasteiger partial charge in [-0.15, -0.1) is 0 Å². The minimum atomic E-state index is -4.39. The zero-order valence-corrected chi connectivity index (χ0v) is 25.5. The first-order chi connectivity index (χ1) is 18.2. The van der Waals surface area contributed by atoms with Crippen LogP contribution in [0.15, 0.2) is 0 Å². The molecule has 8 heteroatoms. The summed E-state index contributed by atoms with van der Waals surface area (Å²) >= 11 is 0. The van der Waals surface area contributed by atoms with Crippen LogP contribution in [0.1, 0.15) is 162 Å². The van der Waals surface area contributed by atoms with E-state index in [-0.39, 0.29) is 0 Å². The molecule has 1 amide bonds. The van der Waals surface area contributed by atoms with E-state index in [1.54, 1.807) is 0 Å². The number of nitrogens with one attached hydrogen (secondary N) is 1. The molecule has 0 bridgehead atoms. The fourth-order valence-corrected chi connectivity index (χ4v) is 5.69. The number of rotatable bonds is 28. The third-order valence-electron chi connectivity index (χ3n) is 7.42. The molecule has 4 N–H and O–H groups in total. The van der Waals surface area contributed by atoms with Crippen molar-refractivity contribution in [2.45, 2.75) is 180 Å². The van der Waals surface area contributed by atoms with E-state index in [1.165, 1.54) is 83.5 Å². The Bertz CT molecular complexity index is 643. The lowest BCUT2D eigenvalue weighted by Gasteiger charge is -2.24. The van der Waals surface area contributed by atoms with E-state index in [0.29, 0.717) is 19.3 Å². The summed E-state index contributed by atoms with van der Waals surface area (Å²) in [7, 11) is -4.39. The van der Waals surface area contributed by atoms with Crippen molar-refractivity contribution >= 4 is 16.0 Å². The molecule has 0 aromatic rings. The molecule has 0 aromatic carbocycles. The van der Waals surface area contributed by atoms with Crippen molar-refractivity contribution in [2.75, 3.05) is 5.75 Å². The van der Waals surface area contributed by atoms with Gasteiger partial charge in [0.1, 0.15) is 6.10 Å². The van der Waals surface area contributed by atoms with Gasteiger partial charge in [0, 0.05) is 0 Å². The van der Waals surface area contributed by atoms with Gasteiger partial charge in [-0.05, 0) is 12.8 Å². The van der Waals surface area contributed by atoms with Gasteiger partial charge in [-0.1, -0.05) is 149 Å². The molecule has 3 unspecified atom stereocenters. The van der Waals surface area contributed by atoms with Crippen LogP contribution >= 0.6 is 0 Å². The van der Waals surface area contributed by atoms with E-state index in [1.807, 2.05) is 0 Å². The highest BCUT2D eigenvalue weighted by Crippen LogP contribution is 2.15. The van der Waals surface area contributed by atoms with Crippen molar-refractivity contribution in [3.63, 3.8) is 0 Å². The summed E-state index contributed by atoms with van der Waals surface area (Å²) in [6.07, 6.45) is 22.7. The van der Waals surface area contributed by atoms with E-state index in [2.05, 4.69) is 19.2 Å². The quantitative estimate of drug-likeness (QED) is 0.0595. The normalized spacial score (nSPS) is 14.3. The summed E-state index contributed by atoms with van der Waals surface area (Å²) in [6, 6.07) is -1.14. The van der Waals surface area contributed by atoms with Crippen LogP contribution in [0.3, 0.4) is 0 Å². The van der Waals surface area contributed by atoms with Crippen LogP contribution in [0.5, 0.6) is 0 Å². The van der Waals surface area contributed by atoms with Crippen LogP contribution in [-0.2, 0) is 14.9 Å². The predicted molar refractivity (Wildman–Crippen MR) is 158 cm³/mol. The van der Waals surface area contributed by atoms with Gasteiger partial charge < -0.3 is 15.5 Å². The largest absolute Gasteiger partial charge is 0.391 e. The number of hydrogen-bond acceptors (Lipinski definition) is 5. The number of carbonyl (C=O) groups excluding carboxylic acids is 1. The van der Waals surface area contributed by atoms with Crippen molar-refractivity contribution in [1.29, 1.82) is 0 Å². The third kappa shape index (κ3) is 24.3. The first kappa shape index (κ1) is 37.3. The number of hydrogen-bond donors (Lipinski definition) is 4. The van der Waals surface area contributed by atoms with Gasteiger partial charge >= 0.3 is 0 Å². The topological polar surface area (TPSA) is 124 Å². The molecule has 0 heterocycles. The molecule has 0 aliphatic heterocycles. The van der Waals surface area contributed by atoms with E-state index >= 15 is 0 Å². The summed E-state index contributed by atoms with van der Waals surface area (Å²) in [4.78, 5) is 12.4. The second kappa shape index (κ2) is 25.3. The highest BCUT2D eigenvalue weighted by atomic mass is 32.2. The Morgan fingerprint density at radius 3 is 1.32 bits per heavy atom. The van der Waals surface area contributed by atoms with Gasteiger partial charge in [-0.2, -0.15) is 8.42 Å². The molecule has 228 valence electrons. The molecular formula is C30H61NO6S. The molecule has 0 fully saturated rings. The Balaban J connectivity index is 4.15. The molecule has 38 heavy (non-hydrogen) atoms. The van der Waals surface area contributed by atoms with Gasteiger partial charge in [0.15, 0.2) is 0 Å². The molecule has 0 aromatic heterocycles. The monoisotopic (exact) mass is 563 g/mol. The Morgan fingerprint density at radius 2 is 0.947 bits per heavy atom. The summed E-state index contributed by atoms with van der Waals surface area (Å²) in [5.41, 5.74) is 0. The highest BCUT2D eigenvalue weighted by molar-refractivity contribution is 7.85.